The van der Waals surface area contributed by atoms with Gasteiger partial charge >= 0.3 is 0 Å². The van der Waals surface area contributed by atoms with Gasteiger partial charge < -0.3 is 5.32 Å². The van der Waals surface area contributed by atoms with E-state index in [0.717, 1.165) is 31.5 Å². The van der Waals surface area contributed by atoms with E-state index in [1.165, 1.54) is 0 Å². The van der Waals surface area contributed by atoms with E-state index in [4.69, 9.17) is 0 Å². The van der Waals surface area contributed by atoms with Gasteiger partial charge in [0.2, 0.25) is 0 Å². The average Bonchev–Trinajstić information content (AvgIpc) is 2.96. The van der Waals surface area contributed by atoms with Crippen LogP contribution < -0.4 is 5.32 Å². The number of nitrogens with zero attached hydrogens (tertiary/aromatic N) is 3. The van der Waals surface area contributed by atoms with Crippen LogP contribution in [0.5, 0.6) is 0 Å². The molecule has 4 heteroatoms. The summed E-state index contributed by atoms with van der Waals surface area (Å²) in [6.45, 7) is 1.76. The minimum atomic E-state index is -0.287. The van der Waals surface area contributed by atoms with Crippen molar-refractivity contribution in [2.24, 2.45) is 0 Å². The Hall–Kier alpha value is -2.12. The topological polar surface area (TPSA) is 53.6 Å². The van der Waals surface area contributed by atoms with Crippen molar-refractivity contribution < 1.29 is 0 Å². The largest absolute Gasteiger partial charge is 0.312 e. The molecule has 3 rings (SSSR count). The highest BCUT2D eigenvalue weighted by atomic mass is 15.3. The molecule has 1 aliphatic carbocycles. The molecule has 1 aliphatic rings. The SMILES string of the molecule is N#CC1(c2ccccc2)CC(NCCn2cccn2)C1. The van der Waals surface area contributed by atoms with Crippen LogP contribution in [0.3, 0.4) is 0 Å². The Kier molecular flexibility index (Phi) is 3.53. The molecule has 0 spiro atoms. The average molecular weight is 266 g/mol. The number of benzene rings is 1. The lowest BCUT2D eigenvalue weighted by Gasteiger charge is -2.43. The summed E-state index contributed by atoms with van der Waals surface area (Å²) in [5.41, 5.74) is 0.859. The van der Waals surface area contributed by atoms with Crippen molar-refractivity contribution in [1.29, 1.82) is 5.26 Å². The first-order valence-corrected chi connectivity index (χ1v) is 7.00. The molecule has 0 unspecified atom stereocenters. The molecule has 0 saturated heterocycles. The van der Waals surface area contributed by atoms with E-state index in [1.54, 1.807) is 6.20 Å². The van der Waals surface area contributed by atoms with Gasteiger partial charge in [0.15, 0.2) is 0 Å². The summed E-state index contributed by atoms with van der Waals surface area (Å²) in [6, 6.07) is 15.0. The lowest BCUT2D eigenvalue weighted by molar-refractivity contribution is 0.224. The standard InChI is InChI=1S/C16H18N4/c17-13-16(14-5-2-1-3-6-14)11-15(12-16)18-8-10-20-9-4-7-19-20/h1-7,9,15,18H,8,10-12H2. The zero-order chi connectivity index (χ0) is 13.8. The lowest BCUT2D eigenvalue weighted by Crippen LogP contribution is -2.51. The Labute approximate surface area is 119 Å². The van der Waals surface area contributed by atoms with Crippen LogP contribution in [0.25, 0.3) is 0 Å². The van der Waals surface area contributed by atoms with Crippen LogP contribution in [-0.2, 0) is 12.0 Å². The highest BCUT2D eigenvalue weighted by molar-refractivity contribution is 5.36. The maximum atomic E-state index is 9.49. The molecule has 1 N–H and O–H groups in total. The third-order valence-corrected chi connectivity index (χ3v) is 4.06. The summed E-state index contributed by atoms with van der Waals surface area (Å²) in [7, 11) is 0. The van der Waals surface area contributed by atoms with E-state index >= 15 is 0 Å². The monoisotopic (exact) mass is 266 g/mol. The van der Waals surface area contributed by atoms with Gasteiger partial charge in [0, 0.05) is 25.0 Å². The minimum absolute atomic E-state index is 0.287. The fourth-order valence-corrected chi connectivity index (χ4v) is 2.89. The molecule has 102 valence electrons. The first-order chi connectivity index (χ1) is 9.82. The molecule has 1 aromatic carbocycles. The van der Waals surface area contributed by atoms with E-state index in [1.807, 2.05) is 35.1 Å². The lowest BCUT2D eigenvalue weighted by atomic mass is 9.62. The van der Waals surface area contributed by atoms with Crippen molar-refractivity contribution in [2.45, 2.75) is 30.8 Å². The Balaban J connectivity index is 1.51. The fraction of sp³-hybridized carbons (Fsp3) is 0.375. The van der Waals surface area contributed by atoms with Crippen LogP contribution in [0.15, 0.2) is 48.8 Å². The highest BCUT2D eigenvalue weighted by Gasteiger charge is 2.45. The molecule has 2 aromatic rings. The van der Waals surface area contributed by atoms with Gasteiger partial charge in [-0.25, -0.2) is 0 Å². The van der Waals surface area contributed by atoms with Crippen molar-refractivity contribution in [1.82, 2.24) is 15.1 Å². The van der Waals surface area contributed by atoms with Crippen molar-refractivity contribution in [3.8, 4) is 6.07 Å². The quantitative estimate of drug-likeness (QED) is 0.901. The van der Waals surface area contributed by atoms with E-state index < -0.39 is 0 Å². The smallest absolute Gasteiger partial charge is 0.0852 e. The van der Waals surface area contributed by atoms with Gasteiger partial charge in [0.1, 0.15) is 0 Å². The molecule has 1 heterocycles. The zero-order valence-electron chi connectivity index (χ0n) is 11.4. The molecule has 0 atom stereocenters. The predicted octanol–water partition coefficient (Wildman–Crippen LogP) is 2.10. The van der Waals surface area contributed by atoms with E-state index in [0.29, 0.717) is 6.04 Å². The molecule has 1 aromatic heterocycles. The molecule has 0 radical (unpaired) electrons. The number of hydrogen-bond acceptors (Lipinski definition) is 3. The highest BCUT2D eigenvalue weighted by Crippen LogP contribution is 2.43. The van der Waals surface area contributed by atoms with Gasteiger partial charge in [0.05, 0.1) is 18.0 Å². The van der Waals surface area contributed by atoms with Gasteiger partial charge in [0.25, 0.3) is 0 Å². The molecule has 20 heavy (non-hydrogen) atoms. The van der Waals surface area contributed by atoms with Gasteiger partial charge in [-0.15, -0.1) is 0 Å². The third kappa shape index (κ3) is 2.45. The normalized spacial score (nSPS) is 24.9. The fourth-order valence-electron chi connectivity index (χ4n) is 2.89. The van der Waals surface area contributed by atoms with Gasteiger partial charge in [-0.3, -0.25) is 4.68 Å². The number of aromatic nitrogens is 2. The molecule has 0 amide bonds. The number of hydrogen-bond donors (Lipinski definition) is 1. The molecule has 4 nitrogen and oxygen atoms in total. The molecular weight excluding hydrogens is 248 g/mol. The van der Waals surface area contributed by atoms with E-state index in [9.17, 15) is 5.26 Å². The number of nitrogens with one attached hydrogen (secondary N) is 1. The van der Waals surface area contributed by atoms with E-state index in [2.05, 4.69) is 28.6 Å². The van der Waals surface area contributed by atoms with Crippen molar-refractivity contribution in [2.75, 3.05) is 6.54 Å². The Morgan fingerprint density at radius 1 is 1.30 bits per heavy atom. The first-order valence-electron chi connectivity index (χ1n) is 7.00. The zero-order valence-corrected chi connectivity index (χ0v) is 11.4. The molecule has 0 bridgehead atoms. The second-order valence-electron chi connectivity index (χ2n) is 5.39. The minimum Gasteiger partial charge on any atom is -0.312 e. The molecular formula is C16H18N4. The van der Waals surface area contributed by atoms with Crippen molar-refractivity contribution >= 4 is 0 Å². The van der Waals surface area contributed by atoms with Crippen LogP contribution >= 0.6 is 0 Å². The first kappa shape index (κ1) is 12.9. The second-order valence-corrected chi connectivity index (χ2v) is 5.39. The maximum Gasteiger partial charge on any atom is 0.0852 e. The summed E-state index contributed by atoms with van der Waals surface area (Å²) in [5.74, 6) is 0. The van der Waals surface area contributed by atoms with Crippen molar-refractivity contribution in [3.05, 3.63) is 54.4 Å². The Morgan fingerprint density at radius 2 is 2.10 bits per heavy atom. The van der Waals surface area contributed by atoms with Crippen LogP contribution in [0.1, 0.15) is 18.4 Å². The summed E-state index contributed by atoms with van der Waals surface area (Å²) in [5, 5.41) is 17.2. The van der Waals surface area contributed by atoms with Gasteiger partial charge in [-0.2, -0.15) is 10.4 Å². The number of nitriles is 1. The van der Waals surface area contributed by atoms with Crippen molar-refractivity contribution in [3.63, 3.8) is 0 Å². The van der Waals surface area contributed by atoms with Crippen LogP contribution in [-0.4, -0.2) is 22.4 Å². The second kappa shape index (κ2) is 5.48. The Morgan fingerprint density at radius 3 is 2.75 bits per heavy atom. The summed E-state index contributed by atoms with van der Waals surface area (Å²) < 4.78 is 1.92. The molecule has 1 fully saturated rings. The van der Waals surface area contributed by atoms with Crippen LogP contribution in [0.2, 0.25) is 0 Å². The van der Waals surface area contributed by atoms with E-state index in [-0.39, 0.29) is 5.41 Å². The maximum absolute atomic E-state index is 9.49. The van der Waals surface area contributed by atoms with Gasteiger partial charge in [-0.05, 0) is 24.5 Å². The van der Waals surface area contributed by atoms with Crippen LogP contribution in [0, 0.1) is 11.3 Å². The summed E-state index contributed by atoms with van der Waals surface area (Å²) in [6.07, 6.45) is 5.55. The molecule has 0 aliphatic heterocycles. The predicted molar refractivity (Wildman–Crippen MR) is 77.0 cm³/mol. The third-order valence-electron chi connectivity index (χ3n) is 4.06. The number of rotatable bonds is 5. The molecule has 1 saturated carbocycles. The summed E-state index contributed by atoms with van der Waals surface area (Å²) >= 11 is 0. The summed E-state index contributed by atoms with van der Waals surface area (Å²) in [4.78, 5) is 0. The Bertz CT molecular complexity index is 577. The van der Waals surface area contributed by atoms with Gasteiger partial charge in [-0.1, -0.05) is 30.3 Å². The van der Waals surface area contributed by atoms with Crippen LogP contribution in [0.4, 0.5) is 0 Å².